The molecule has 0 fully saturated rings. The SMILES string of the molecule is O=C(Nc1ccc(SC(C(=O)Nc2nc(-c3ccc(F)cc3)cs2)c2ccccc2)cc1)/C(=C/c1c(Cl)cccc1Cl)NC(=O)c1ccccc1. The summed E-state index contributed by atoms with van der Waals surface area (Å²) in [6, 6.07) is 35.8. The molecule has 51 heavy (non-hydrogen) atoms. The van der Waals surface area contributed by atoms with Crippen LogP contribution in [0.5, 0.6) is 0 Å². The third kappa shape index (κ3) is 9.30. The maximum absolute atomic E-state index is 13.7. The molecule has 7 nitrogen and oxygen atoms in total. The second kappa shape index (κ2) is 16.6. The van der Waals surface area contributed by atoms with Gasteiger partial charge in [0.2, 0.25) is 5.91 Å². The van der Waals surface area contributed by atoms with Crippen LogP contribution in [-0.4, -0.2) is 22.7 Å². The molecule has 0 saturated heterocycles. The van der Waals surface area contributed by atoms with Gasteiger partial charge in [0.25, 0.3) is 11.8 Å². The normalized spacial score (nSPS) is 11.8. The average molecular weight is 754 g/mol. The number of nitrogens with zero attached hydrogens (tertiary/aromatic N) is 1. The van der Waals surface area contributed by atoms with E-state index >= 15 is 0 Å². The van der Waals surface area contributed by atoms with Crippen LogP contribution >= 0.6 is 46.3 Å². The second-order valence-corrected chi connectivity index (χ2v) is 13.8. The van der Waals surface area contributed by atoms with E-state index in [9.17, 15) is 18.8 Å². The molecule has 254 valence electrons. The maximum Gasteiger partial charge on any atom is 0.272 e. The van der Waals surface area contributed by atoms with Crippen molar-refractivity contribution in [1.82, 2.24) is 10.3 Å². The summed E-state index contributed by atoms with van der Waals surface area (Å²) in [6.45, 7) is 0. The van der Waals surface area contributed by atoms with E-state index < -0.39 is 17.1 Å². The number of rotatable bonds is 11. The Hall–Kier alpha value is -5.26. The van der Waals surface area contributed by atoms with Crippen LogP contribution in [0.1, 0.15) is 26.7 Å². The standard InChI is InChI=1S/C39H27Cl2FN4O3S2/c40-31-12-7-13-32(41)30(31)22-33(44-36(47)26-10-5-2-6-11-26)37(48)43-28-18-20-29(21-19-28)51-35(25-8-3-1-4-9-25)38(49)46-39-45-34(23-50-39)24-14-16-27(42)17-15-24/h1-23,35H,(H,43,48)(H,44,47)(H,45,46,49)/b33-22-. The second-order valence-electron chi connectivity index (χ2n) is 10.9. The number of benzene rings is 5. The highest BCUT2D eigenvalue weighted by molar-refractivity contribution is 8.00. The van der Waals surface area contributed by atoms with E-state index in [4.69, 9.17) is 23.2 Å². The van der Waals surface area contributed by atoms with Crippen LogP contribution in [0.2, 0.25) is 10.0 Å². The van der Waals surface area contributed by atoms with Crippen molar-refractivity contribution in [3.05, 3.63) is 171 Å². The Labute approximate surface area is 311 Å². The van der Waals surface area contributed by atoms with E-state index in [1.165, 1.54) is 41.3 Å². The lowest BCUT2D eigenvalue weighted by Crippen LogP contribution is -2.30. The predicted octanol–water partition coefficient (Wildman–Crippen LogP) is 10.1. The molecule has 0 bridgehead atoms. The van der Waals surface area contributed by atoms with Gasteiger partial charge in [-0.1, -0.05) is 77.8 Å². The number of anilines is 2. The van der Waals surface area contributed by atoms with Gasteiger partial charge in [-0.25, -0.2) is 9.37 Å². The molecule has 0 spiro atoms. The topological polar surface area (TPSA) is 100 Å². The van der Waals surface area contributed by atoms with Crippen molar-refractivity contribution in [3.8, 4) is 11.3 Å². The van der Waals surface area contributed by atoms with Crippen molar-refractivity contribution in [1.29, 1.82) is 0 Å². The van der Waals surface area contributed by atoms with Crippen molar-refractivity contribution in [2.75, 3.05) is 10.6 Å². The van der Waals surface area contributed by atoms with E-state index in [0.717, 1.165) is 16.0 Å². The molecule has 3 amide bonds. The molecular formula is C39H27Cl2FN4O3S2. The van der Waals surface area contributed by atoms with Crippen LogP contribution in [0, 0.1) is 5.82 Å². The number of carbonyl (C=O) groups is 3. The molecule has 0 aliphatic heterocycles. The van der Waals surface area contributed by atoms with Gasteiger partial charge in [0.05, 0.1) is 5.69 Å². The van der Waals surface area contributed by atoms with Gasteiger partial charge in [-0.3, -0.25) is 14.4 Å². The predicted molar refractivity (Wildman–Crippen MR) is 205 cm³/mol. The van der Waals surface area contributed by atoms with Gasteiger partial charge in [0.1, 0.15) is 16.8 Å². The molecule has 1 unspecified atom stereocenters. The average Bonchev–Trinajstić information content (AvgIpc) is 3.61. The monoisotopic (exact) mass is 752 g/mol. The Balaban J connectivity index is 1.18. The fraction of sp³-hybridized carbons (Fsp3) is 0.0256. The van der Waals surface area contributed by atoms with Crippen molar-refractivity contribution in [3.63, 3.8) is 0 Å². The molecular weight excluding hydrogens is 726 g/mol. The third-order valence-electron chi connectivity index (χ3n) is 7.40. The molecule has 12 heteroatoms. The maximum atomic E-state index is 13.7. The zero-order valence-corrected chi connectivity index (χ0v) is 29.6. The molecule has 1 atom stereocenters. The molecule has 5 aromatic carbocycles. The van der Waals surface area contributed by atoms with Crippen molar-refractivity contribution >= 4 is 80.9 Å². The largest absolute Gasteiger partial charge is 0.321 e. The Morgan fingerprint density at radius 2 is 1.41 bits per heavy atom. The first kappa shape index (κ1) is 35.6. The van der Waals surface area contributed by atoms with Crippen LogP contribution in [0.4, 0.5) is 15.2 Å². The Kier molecular flexibility index (Phi) is 11.6. The number of thiazole rings is 1. The van der Waals surface area contributed by atoms with Gasteiger partial charge in [0, 0.05) is 42.7 Å². The number of amides is 3. The molecule has 0 aliphatic rings. The summed E-state index contributed by atoms with van der Waals surface area (Å²) in [5.74, 6) is -1.69. The quantitative estimate of drug-likeness (QED) is 0.0904. The first-order valence-electron chi connectivity index (χ1n) is 15.4. The first-order chi connectivity index (χ1) is 24.7. The van der Waals surface area contributed by atoms with Gasteiger partial charge in [-0.2, -0.15) is 0 Å². The lowest BCUT2D eigenvalue weighted by molar-refractivity contribution is -0.116. The van der Waals surface area contributed by atoms with Crippen molar-refractivity contribution in [2.45, 2.75) is 10.1 Å². The van der Waals surface area contributed by atoms with Crippen molar-refractivity contribution < 1.29 is 18.8 Å². The number of hydrogen-bond donors (Lipinski definition) is 3. The van der Waals surface area contributed by atoms with Gasteiger partial charge >= 0.3 is 0 Å². The van der Waals surface area contributed by atoms with E-state index in [0.29, 0.717) is 37.7 Å². The zero-order valence-electron chi connectivity index (χ0n) is 26.5. The minimum absolute atomic E-state index is 0.0668. The molecule has 6 rings (SSSR count). The smallest absolute Gasteiger partial charge is 0.272 e. The summed E-state index contributed by atoms with van der Waals surface area (Å²) >= 11 is 15.4. The number of thioether (sulfide) groups is 1. The minimum Gasteiger partial charge on any atom is -0.321 e. The molecule has 3 N–H and O–H groups in total. The number of nitrogens with one attached hydrogen (secondary N) is 3. The van der Waals surface area contributed by atoms with Gasteiger partial charge in [0.15, 0.2) is 5.13 Å². The first-order valence-corrected chi connectivity index (χ1v) is 17.9. The van der Waals surface area contributed by atoms with Crippen LogP contribution in [0.15, 0.2) is 143 Å². The van der Waals surface area contributed by atoms with Crippen LogP contribution in [-0.2, 0) is 9.59 Å². The summed E-state index contributed by atoms with van der Waals surface area (Å²) < 4.78 is 13.4. The fourth-order valence-electron chi connectivity index (χ4n) is 4.84. The highest BCUT2D eigenvalue weighted by Crippen LogP contribution is 2.37. The van der Waals surface area contributed by atoms with Crippen molar-refractivity contribution in [2.24, 2.45) is 0 Å². The Morgan fingerprint density at radius 3 is 2.08 bits per heavy atom. The van der Waals surface area contributed by atoms with Gasteiger partial charge in [-0.15, -0.1) is 23.1 Å². The Bertz CT molecular complexity index is 2180. The molecule has 1 heterocycles. The van der Waals surface area contributed by atoms with Crippen LogP contribution < -0.4 is 16.0 Å². The minimum atomic E-state index is -0.632. The molecule has 0 aliphatic carbocycles. The number of hydrogen-bond acceptors (Lipinski definition) is 6. The number of halogens is 3. The summed E-state index contributed by atoms with van der Waals surface area (Å²) in [5, 5.41) is 10.6. The van der Waals surface area contributed by atoms with E-state index in [1.807, 2.05) is 30.3 Å². The van der Waals surface area contributed by atoms with E-state index in [2.05, 4.69) is 20.9 Å². The summed E-state index contributed by atoms with van der Waals surface area (Å²) in [5.41, 5.74) is 3.28. The molecule has 0 radical (unpaired) electrons. The summed E-state index contributed by atoms with van der Waals surface area (Å²) in [4.78, 5) is 45.5. The summed E-state index contributed by atoms with van der Waals surface area (Å²) in [7, 11) is 0. The highest BCUT2D eigenvalue weighted by Gasteiger charge is 2.24. The van der Waals surface area contributed by atoms with Crippen LogP contribution in [0.25, 0.3) is 17.3 Å². The molecule has 6 aromatic rings. The summed E-state index contributed by atoms with van der Waals surface area (Å²) in [6.07, 6.45) is 1.43. The lowest BCUT2D eigenvalue weighted by Gasteiger charge is -2.17. The number of carbonyl (C=O) groups excluding carboxylic acids is 3. The fourth-order valence-corrected chi connectivity index (χ4v) is 7.10. The zero-order chi connectivity index (χ0) is 35.7. The van der Waals surface area contributed by atoms with E-state index in [-0.39, 0.29) is 17.4 Å². The molecule has 0 saturated carbocycles. The van der Waals surface area contributed by atoms with Gasteiger partial charge < -0.3 is 16.0 Å². The van der Waals surface area contributed by atoms with E-state index in [1.54, 1.807) is 90.3 Å². The van der Waals surface area contributed by atoms with Crippen LogP contribution in [0.3, 0.4) is 0 Å². The lowest BCUT2D eigenvalue weighted by atomic mass is 10.1. The highest BCUT2D eigenvalue weighted by atomic mass is 35.5. The molecule has 1 aromatic heterocycles. The third-order valence-corrected chi connectivity index (χ3v) is 10.1. The number of aromatic nitrogens is 1. The Morgan fingerprint density at radius 1 is 0.765 bits per heavy atom. The van der Waals surface area contributed by atoms with Gasteiger partial charge in [-0.05, 0) is 84.4 Å².